The minimum absolute atomic E-state index is 0.211. The Labute approximate surface area is 69.0 Å². The van der Waals surface area contributed by atoms with Crippen molar-refractivity contribution in [3.63, 3.8) is 0 Å². The van der Waals surface area contributed by atoms with Crippen molar-refractivity contribution in [2.45, 2.75) is 45.3 Å². The Morgan fingerprint density at radius 1 is 1.45 bits per heavy atom. The van der Waals surface area contributed by atoms with Crippen molar-refractivity contribution in [1.82, 2.24) is 5.32 Å². The molecule has 0 spiro atoms. The van der Waals surface area contributed by atoms with E-state index in [1.54, 1.807) is 0 Å². The molecule has 1 fully saturated rings. The van der Waals surface area contributed by atoms with E-state index in [9.17, 15) is 0 Å². The summed E-state index contributed by atoms with van der Waals surface area (Å²) in [4.78, 5) is 0. The topological polar surface area (TPSA) is 32.3 Å². The number of aliphatic hydroxyl groups excluding tert-OH is 1. The molecule has 1 aliphatic rings. The van der Waals surface area contributed by atoms with Gasteiger partial charge in [0.05, 0.1) is 6.10 Å². The average molecular weight is 157 g/mol. The highest BCUT2D eigenvalue weighted by molar-refractivity contribution is 4.79. The smallest absolute Gasteiger partial charge is 0.0636 e. The minimum atomic E-state index is -0.211. The molecule has 0 amide bonds. The molecule has 2 nitrogen and oxygen atoms in total. The third-order valence-electron chi connectivity index (χ3n) is 2.59. The Morgan fingerprint density at radius 3 is 2.45 bits per heavy atom. The highest BCUT2D eigenvalue weighted by atomic mass is 16.3. The average Bonchev–Trinajstić information content (AvgIpc) is 1.79. The van der Waals surface area contributed by atoms with Gasteiger partial charge < -0.3 is 10.4 Å². The zero-order valence-corrected chi connectivity index (χ0v) is 7.51. The first-order chi connectivity index (χ1) is 5.20. The summed E-state index contributed by atoms with van der Waals surface area (Å²) in [6, 6.07) is 0.596. The molecule has 0 radical (unpaired) electrons. The molecule has 0 saturated heterocycles. The first-order valence-corrected chi connectivity index (χ1v) is 4.61. The summed E-state index contributed by atoms with van der Waals surface area (Å²) in [6.07, 6.45) is 3.92. The number of aliphatic hydroxyl groups is 1. The van der Waals surface area contributed by atoms with Gasteiger partial charge in [-0.1, -0.05) is 6.42 Å². The third-order valence-corrected chi connectivity index (χ3v) is 2.59. The molecule has 66 valence electrons. The van der Waals surface area contributed by atoms with E-state index in [4.69, 9.17) is 5.11 Å². The monoisotopic (exact) mass is 157 g/mol. The molecule has 2 heteroatoms. The van der Waals surface area contributed by atoms with E-state index >= 15 is 0 Å². The van der Waals surface area contributed by atoms with Crippen molar-refractivity contribution in [3.05, 3.63) is 0 Å². The fraction of sp³-hybridized carbons (Fsp3) is 1.00. The van der Waals surface area contributed by atoms with Crippen molar-refractivity contribution >= 4 is 0 Å². The lowest BCUT2D eigenvalue weighted by atomic mass is 9.80. The molecule has 0 aromatic heterocycles. The van der Waals surface area contributed by atoms with E-state index in [0.717, 1.165) is 12.5 Å². The predicted molar refractivity (Wildman–Crippen MR) is 46.5 cm³/mol. The van der Waals surface area contributed by atoms with Crippen LogP contribution in [-0.2, 0) is 0 Å². The maximum Gasteiger partial charge on any atom is 0.0636 e. The molecule has 0 heterocycles. The molecule has 0 aliphatic heterocycles. The zero-order chi connectivity index (χ0) is 8.27. The van der Waals surface area contributed by atoms with Crippen LogP contribution < -0.4 is 5.32 Å². The molecule has 1 aliphatic carbocycles. The Balaban J connectivity index is 2.05. The molecule has 2 N–H and O–H groups in total. The molecule has 2 atom stereocenters. The number of rotatable bonds is 4. The third kappa shape index (κ3) is 2.80. The molecule has 0 bridgehead atoms. The Morgan fingerprint density at radius 2 is 2.09 bits per heavy atom. The van der Waals surface area contributed by atoms with Crippen LogP contribution in [0.1, 0.15) is 33.1 Å². The fourth-order valence-corrected chi connectivity index (χ4v) is 1.46. The Kier molecular flexibility index (Phi) is 3.34. The second-order valence-corrected chi connectivity index (χ2v) is 3.74. The Bertz CT molecular complexity index is 110. The van der Waals surface area contributed by atoms with Gasteiger partial charge in [0.2, 0.25) is 0 Å². The second-order valence-electron chi connectivity index (χ2n) is 3.74. The van der Waals surface area contributed by atoms with Gasteiger partial charge in [0, 0.05) is 12.6 Å². The van der Waals surface area contributed by atoms with E-state index < -0.39 is 0 Å². The summed E-state index contributed by atoms with van der Waals surface area (Å²) in [6.45, 7) is 4.77. The van der Waals surface area contributed by atoms with Crippen molar-refractivity contribution in [2.75, 3.05) is 6.54 Å². The standard InChI is InChI=1S/C9H19NO/c1-7(11)6-10-8(2)9-4-3-5-9/h7-11H,3-6H2,1-2H3/t7-,8?/m1/s1. The predicted octanol–water partition coefficient (Wildman–Crippen LogP) is 1.15. The lowest BCUT2D eigenvalue weighted by Crippen LogP contribution is -2.40. The number of nitrogens with one attached hydrogen (secondary N) is 1. The minimum Gasteiger partial charge on any atom is -0.392 e. The summed E-state index contributed by atoms with van der Waals surface area (Å²) in [5.41, 5.74) is 0. The molecule has 1 saturated carbocycles. The lowest BCUT2D eigenvalue weighted by Gasteiger charge is -2.32. The first kappa shape index (κ1) is 9.01. The molecular weight excluding hydrogens is 138 g/mol. The molecular formula is C9H19NO. The summed E-state index contributed by atoms with van der Waals surface area (Å²) in [7, 11) is 0. The van der Waals surface area contributed by atoms with E-state index in [-0.39, 0.29) is 6.10 Å². The summed E-state index contributed by atoms with van der Waals surface area (Å²) < 4.78 is 0. The van der Waals surface area contributed by atoms with Crippen LogP contribution in [0.4, 0.5) is 0 Å². The SMILES string of the molecule is CC(NC[C@@H](C)O)C1CCC1. The first-order valence-electron chi connectivity index (χ1n) is 4.61. The molecule has 1 unspecified atom stereocenters. The van der Waals surface area contributed by atoms with Gasteiger partial charge in [0.15, 0.2) is 0 Å². The van der Waals surface area contributed by atoms with Crippen molar-refractivity contribution in [2.24, 2.45) is 5.92 Å². The number of hydrogen-bond acceptors (Lipinski definition) is 2. The van der Waals surface area contributed by atoms with Crippen LogP contribution in [0.5, 0.6) is 0 Å². The highest BCUT2D eigenvalue weighted by Crippen LogP contribution is 2.29. The Hall–Kier alpha value is -0.0800. The zero-order valence-electron chi connectivity index (χ0n) is 7.51. The van der Waals surface area contributed by atoms with Crippen LogP contribution in [0.15, 0.2) is 0 Å². The largest absolute Gasteiger partial charge is 0.392 e. The van der Waals surface area contributed by atoms with E-state index in [1.807, 2.05) is 6.92 Å². The molecule has 11 heavy (non-hydrogen) atoms. The highest BCUT2D eigenvalue weighted by Gasteiger charge is 2.23. The van der Waals surface area contributed by atoms with E-state index in [0.29, 0.717) is 6.04 Å². The second kappa shape index (κ2) is 4.07. The van der Waals surface area contributed by atoms with Crippen LogP contribution in [0.25, 0.3) is 0 Å². The van der Waals surface area contributed by atoms with Gasteiger partial charge in [-0.15, -0.1) is 0 Å². The van der Waals surface area contributed by atoms with Crippen LogP contribution in [0.3, 0.4) is 0 Å². The lowest BCUT2D eigenvalue weighted by molar-refractivity contribution is 0.168. The van der Waals surface area contributed by atoms with Crippen molar-refractivity contribution in [1.29, 1.82) is 0 Å². The van der Waals surface area contributed by atoms with Gasteiger partial charge in [0.1, 0.15) is 0 Å². The fourth-order valence-electron chi connectivity index (χ4n) is 1.46. The summed E-state index contributed by atoms with van der Waals surface area (Å²) >= 11 is 0. The van der Waals surface area contributed by atoms with Crippen molar-refractivity contribution < 1.29 is 5.11 Å². The van der Waals surface area contributed by atoms with Gasteiger partial charge in [0.25, 0.3) is 0 Å². The molecule has 1 rings (SSSR count). The van der Waals surface area contributed by atoms with Gasteiger partial charge >= 0.3 is 0 Å². The van der Waals surface area contributed by atoms with Crippen LogP contribution in [0.2, 0.25) is 0 Å². The van der Waals surface area contributed by atoms with Gasteiger partial charge in [-0.3, -0.25) is 0 Å². The van der Waals surface area contributed by atoms with Crippen LogP contribution >= 0.6 is 0 Å². The van der Waals surface area contributed by atoms with Gasteiger partial charge in [-0.25, -0.2) is 0 Å². The normalized spacial score (nSPS) is 24.3. The quantitative estimate of drug-likeness (QED) is 0.641. The number of hydrogen-bond donors (Lipinski definition) is 2. The van der Waals surface area contributed by atoms with E-state index in [2.05, 4.69) is 12.2 Å². The van der Waals surface area contributed by atoms with Gasteiger partial charge in [-0.2, -0.15) is 0 Å². The van der Waals surface area contributed by atoms with Crippen molar-refractivity contribution in [3.8, 4) is 0 Å². The van der Waals surface area contributed by atoms with E-state index in [1.165, 1.54) is 19.3 Å². The van der Waals surface area contributed by atoms with Crippen LogP contribution in [-0.4, -0.2) is 23.8 Å². The maximum atomic E-state index is 9.01. The van der Waals surface area contributed by atoms with Gasteiger partial charge in [-0.05, 0) is 32.6 Å². The van der Waals surface area contributed by atoms with Crippen LogP contribution in [0, 0.1) is 5.92 Å². The maximum absolute atomic E-state index is 9.01. The summed E-state index contributed by atoms with van der Waals surface area (Å²) in [5, 5.41) is 12.3. The molecule has 0 aromatic rings. The summed E-state index contributed by atoms with van der Waals surface area (Å²) in [5.74, 6) is 0.869. The molecule has 0 aromatic carbocycles.